The Kier molecular flexibility index (Phi) is 5.21. The van der Waals surface area contributed by atoms with Crippen LogP contribution in [-0.4, -0.2) is 22.9 Å². The van der Waals surface area contributed by atoms with Gasteiger partial charge in [-0.2, -0.15) is 0 Å². The zero-order valence-electron chi connectivity index (χ0n) is 12.1. The molecule has 0 radical (unpaired) electrons. The fourth-order valence-corrected chi connectivity index (χ4v) is 2.00. The van der Waals surface area contributed by atoms with Crippen molar-refractivity contribution in [1.29, 1.82) is 0 Å². The molecular weight excluding hydrogens is 350 g/mol. The van der Waals surface area contributed by atoms with Gasteiger partial charge in [-0.1, -0.05) is 17.7 Å². The minimum Gasteiger partial charge on any atom is -0.481 e. The van der Waals surface area contributed by atoms with Crippen molar-refractivity contribution in [1.82, 2.24) is 15.8 Å². The van der Waals surface area contributed by atoms with E-state index >= 15 is 0 Å². The summed E-state index contributed by atoms with van der Waals surface area (Å²) in [5.74, 6) is -0.297. The number of benzene rings is 1. The Morgan fingerprint density at radius 1 is 1.23 bits per heavy atom. The van der Waals surface area contributed by atoms with E-state index in [1.807, 2.05) is 19.1 Å². The number of hydrogen-bond acceptors (Lipinski definition) is 3. The van der Waals surface area contributed by atoms with E-state index in [1.165, 1.54) is 0 Å². The molecule has 1 aromatic heterocycles. The first-order valence-electron chi connectivity index (χ1n) is 6.63. The lowest BCUT2D eigenvalue weighted by atomic mass is 10.2. The van der Waals surface area contributed by atoms with Gasteiger partial charge >= 0.3 is 0 Å². The lowest BCUT2D eigenvalue weighted by Gasteiger charge is -2.15. The summed E-state index contributed by atoms with van der Waals surface area (Å²) in [4.78, 5) is 26.4. The number of hydrazine groups is 1. The molecule has 1 unspecified atom stereocenters. The maximum absolute atomic E-state index is 11.9. The Hall–Kier alpha value is -2.28. The molecule has 7 heteroatoms. The van der Waals surface area contributed by atoms with Gasteiger partial charge in [0.2, 0.25) is 0 Å². The molecule has 2 rings (SSSR count). The second kappa shape index (κ2) is 7.13. The molecule has 6 nitrogen and oxygen atoms in total. The number of aromatic amines is 1. The van der Waals surface area contributed by atoms with E-state index in [-0.39, 0.29) is 0 Å². The third kappa shape index (κ3) is 4.36. The Bertz CT molecular complexity index is 667. The van der Waals surface area contributed by atoms with Crippen molar-refractivity contribution < 1.29 is 14.3 Å². The summed E-state index contributed by atoms with van der Waals surface area (Å²) in [5, 5.41) is 0. The van der Waals surface area contributed by atoms with Crippen LogP contribution in [0.15, 0.2) is 41.0 Å². The summed E-state index contributed by atoms with van der Waals surface area (Å²) in [5.41, 5.74) is 6.08. The van der Waals surface area contributed by atoms with Crippen LogP contribution in [0.1, 0.15) is 23.0 Å². The lowest BCUT2D eigenvalue weighted by molar-refractivity contribution is -0.128. The molecule has 116 valence electrons. The van der Waals surface area contributed by atoms with Crippen LogP contribution in [-0.2, 0) is 4.79 Å². The number of aryl methyl sites for hydroxylation is 1. The SMILES string of the molecule is Cc1ccc(OC(C)C(=O)NNC(=O)c2cc(Br)c[nH]2)cc1. The first kappa shape index (κ1) is 16.1. The van der Waals surface area contributed by atoms with E-state index < -0.39 is 17.9 Å². The summed E-state index contributed by atoms with van der Waals surface area (Å²) in [6.45, 7) is 3.57. The van der Waals surface area contributed by atoms with Crippen molar-refractivity contribution in [3.63, 3.8) is 0 Å². The van der Waals surface area contributed by atoms with Crippen LogP contribution in [0.5, 0.6) is 5.75 Å². The minimum atomic E-state index is -0.738. The van der Waals surface area contributed by atoms with Crippen molar-refractivity contribution >= 4 is 27.7 Å². The highest BCUT2D eigenvalue weighted by molar-refractivity contribution is 9.10. The van der Waals surface area contributed by atoms with Crippen molar-refractivity contribution in [2.24, 2.45) is 0 Å². The Balaban J connectivity index is 1.83. The molecule has 0 fully saturated rings. The predicted octanol–water partition coefficient (Wildman–Crippen LogP) is 2.31. The number of carbonyl (C=O) groups excluding carboxylic acids is 2. The third-order valence-electron chi connectivity index (χ3n) is 2.89. The van der Waals surface area contributed by atoms with Gasteiger partial charge in [-0.25, -0.2) is 0 Å². The van der Waals surface area contributed by atoms with Gasteiger partial charge in [-0.15, -0.1) is 0 Å². The summed E-state index contributed by atoms with van der Waals surface area (Å²) in [6.07, 6.45) is 0.887. The number of aromatic nitrogens is 1. The summed E-state index contributed by atoms with van der Waals surface area (Å²) in [7, 11) is 0. The zero-order valence-corrected chi connectivity index (χ0v) is 13.7. The number of hydrogen-bond donors (Lipinski definition) is 3. The van der Waals surface area contributed by atoms with E-state index in [4.69, 9.17) is 4.74 Å². The fraction of sp³-hybridized carbons (Fsp3) is 0.200. The maximum atomic E-state index is 11.9. The van der Waals surface area contributed by atoms with E-state index in [2.05, 4.69) is 31.8 Å². The number of nitrogens with one attached hydrogen (secondary N) is 3. The average molecular weight is 366 g/mol. The molecule has 0 saturated carbocycles. The monoisotopic (exact) mass is 365 g/mol. The fourth-order valence-electron chi connectivity index (χ4n) is 1.66. The largest absolute Gasteiger partial charge is 0.481 e. The normalized spacial score (nSPS) is 11.6. The quantitative estimate of drug-likeness (QED) is 0.727. The van der Waals surface area contributed by atoms with Gasteiger partial charge in [-0.3, -0.25) is 20.4 Å². The number of ether oxygens (including phenoxy) is 1. The molecule has 0 bridgehead atoms. The summed E-state index contributed by atoms with van der Waals surface area (Å²) in [6, 6.07) is 8.96. The van der Waals surface area contributed by atoms with Crippen molar-refractivity contribution in [3.8, 4) is 5.75 Å². The van der Waals surface area contributed by atoms with Gasteiger partial charge in [0, 0.05) is 10.7 Å². The smallest absolute Gasteiger partial charge is 0.286 e. The van der Waals surface area contributed by atoms with Crippen LogP contribution in [0.3, 0.4) is 0 Å². The Labute approximate surface area is 136 Å². The van der Waals surface area contributed by atoms with Gasteiger partial charge in [-0.05, 0) is 48.0 Å². The highest BCUT2D eigenvalue weighted by Gasteiger charge is 2.16. The first-order valence-corrected chi connectivity index (χ1v) is 7.42. The van der Waals surface area contributed by atoms with Gasteiger partial charge in [0.1, 0.15) is 11.4 Å². The summed E-state index contributed by atoms with van der Waals surface area (Å²) >= 11 is 3.23. The molecule has 1 aromatic carbocycles. The standard InChI is InChI=1S/C15H16BrN3O3/c1-9-3-5-12(6-4-9)22-10(2)14(20)18-19-15(21)13-7-11(16)8-17-13/h3-8,10,17H,1-2H3,(H,18,20)(H,19,21). The number of amides is 2. The molecule has 0 aliphatic heterocycles. The molecule has 0 saturated heterocycles. The molecule has 1 heterocycles. The van der Waals surface area contributed by atoms with Crippen LogP contribution >= 0.6 is 15.9 Å². The zero-order chi connectivity index (χ0) is 16.1. The molecule has 0 aliphatic carbocycles. The molecule has 2 amide bonds. The van der Waals surface area contributed by atoms with Crippen LogP contribution in [0.4, 0.5) is 0 Å². The minimum absolute atomic E-state index is 0.333. The van der Waals surface area contributed by atoms with Gasteiger partial charge in [0.25, 0.3) is 11.8 Å². The van der Waals surface area contributed by atoms with Crippen LogP contribution in [0, 0.1) is 6.92 Å². The lowest BCUT2D eigenvalue weighted by Crippen LogP contribution is -2.47. The highest BCUT2D eigenvalue weighted by atomic mass is 79.9. The molecule has 2 aromatic rings. The van der Waals surface area contributed by atoms with Crippen LogP contribution < -0.4 is 15.6 Å². The van der Waals surface area contributed by atoms with Gasteiger partial charge in [0.05, 0.1) is 0 Å². The first-order chi connectivity index (χ1) is 10.5. The van der Waals surface area contributed by atoms with E-state index in [1.54, 1.807) is 31.3 Å². The second-order valence-electron chi connectivity index (χ2n) is 4.75. The third-order valence-corrected chi connectivity index (χ3v) is 3.35. The molecule has 0 aliphatic rings. The average Bonchev–Trinajstić information content (AvgIpc) is 2.93. The van der Waals surface area contributed by atoms with E-state index in [9.17, 15) is 9.59 Å². The van der Waals surface area contributed by atoms with E-state index in [0.717, 1.165) is 10.0 Å². The number of H-pyrrole nitrogens is 1. The molecular formula is C15H16BrN3O3. The number of rotatable bonds is 4. The maximum Gasteiger partial charge on any atom is 0.286 e. The molecule has 22 heavy (non-hydrogen) atoms. The Morgan fingerprint density at radius 2 is 1.91 bits per heavy atom. The Morgan fingerprint density at radius 3 is 2.50 bits per heavy atom. The number of carbonyl (C=O) groups is 2. The van der Waals surface area contributed by atoms with Gasteiger partial charge < -0.3 is 9.72 Å². The molecule has 1 atom stereocenters. The van der Waals surface area contributed by atoms with Crippen molar-refractivity contribution in [2.45, 2.75) is 20.0 Å². The van der Waals surface area contributed by atoms with Crippen molar-refractivity contribution in [3.05, 3.63) is 52.3 Å². The topological polar surface area (TPSA) is 83.2 Å². The molecule has 0 spiro atoms. The van der Waals surface area contributed by atoms with Crippen LogP contribution in [0.2, 0.25) is 0 Å². The van der Waals surface area contributed by atoms with Crippen molar-refractivity contribution in [2.75, 3.05) is 0 Å². The highest BCUT2D eigenvalue weighted by Crippen LogP contribution is 2.13. The number of halogens is 1. The predicted molar refractivity (Wildman–Crippen MR) is 85.4 cm³/mol. The molecule has 3 N–H and O–H groups in total. The summed E-state index contributed by atoms with van der Waals surface area (Å²) < 4.78 is 6.24. The van der Waals surface area contributed by atoms with Crippen LogP contribution in [0.25, 0.3) is 0 Å². The van der Waals surface area contributed by atoms with Gasteiger partial charge in [0.15, 0.2) is 6.10 Å². The van der Waals surface area contributed by atoms with E-state index in [0.29, 0.717) is 11.4 Å². The second-order valence-corrected chi connectivity index (χ2v) is 5.66.